The number of nitrogens with zero attached hydrogens (tertiary/aromatic N) is 1. The highest BCUT2D eigenvalue weighted by Crippen LogP contribution is 2.49. The zero-order valence-electron chi connectivity index (χ0n) is 25.5. The Morgan fingerprint density at radius 1 is 0.333 bits per heavy atom. The molecule has 0 saturated carbocycles. The van der Waals surface area contributed by atoms with Crippen LogP contribution in [0.25, 0.3) is 67.0 Å². The van der Waals surface area contributed by atoms with Gasteiger partial charge in [0.25, 0.3) is 0 Å². The minimum Gasteiger partial charge on any atom is -0.248 e. The van der Waals surface area contributed by atoms with Gasteiger partial charge in [-0.15, -0.1) is 0 Å². The summed E-state index contributed by atoms with van der Waals surface area (Å²) in [5.74, 6) is 0. The van der Waals surface area contributed by atoms with Crippen molar-refractivity contribution in [1.29, 1.82) is 0 Å². The van der Waals surface area contributed by atoms with Crippen LogP contribution in [0.3, 0.4) is 0 Å². The number of benzene rings is 6. The third kappa shape index (κ3) is 4.87. The number of hydrogen-bond acceptors (Lipinski definition) is 1. The highest BCUT2D eigenvalue weighted by Gasteiger charge is 2.35. The molecule has 1 aromatic heterocycles. The van der Waals surface area contributed by atoms with E-state index in [1.165, 1.54) is 50.1 Å². The van der Waals surface area contributed by atoms with Gasteiger partial charge in [-0.2, -0.15) is 0 Å². The van der Waals surface area contributed by atoms with Crippen molar-refractivity contribution < 1.29 is 0 Å². The zero-order valence-corrected chi connectivity index (χ0v) is 25.5. The molecule has 1 aliphatic rings. The Bertz CT molecular complexity index is 2120. The summed E-state index contributed by atoms with van der Waals surface area (Å²) in [6, 6.07) is 58.9. The Hall–Kier alpha value is -5.53. The van der Waals surface area contributed by atoms with Crippen molar-refractivity contribution in [2.24, 2.45) is 0 Å². The summed E-state index contributed by atoms with van der Waals surface area (Å²) >= 11 is 0. The summed E-state index contributed by atoms with van der Waals surface area (Å²) in [4.78, 5) is 5.16. The molecule has 0 saturated heterocycles. The molecule has 214 valence electrons. The third-order valence-electron chi connectivity index (χ3n) is 9.27. The molecular weight excluding hydrogens is 542 g/mol. The average molecular weight is 576 g/mol. The SMILES string of the molecule is CC1(C)c2ccccc2-c2ccc(-c3cccc(-c4cccc(-c5cc(-c6ccccc6)cc(-c6ccccc6)n5)c4)c3)cc21. The van der Waals surface area contributed by atoms with Gasteiger partial charge >= 0.3 is 0 Å². The predicted octanol–water partition coefficient (Wildman–Crippen LogP) is 11.7. The molecule has 0 atom stereocenters. The second-order valence-corrected chi connectivity index (χ2v) is 12.5. The fourth-order valence-corrected chi connectivity index (χ4v) is 6.85. The van der Waals surface area contributed by atoms with Crippen molar-refractivity contribution in [2.75, 3.05) is 0 Å². The molecule has 6 aromatic carbocycles. The van der Waals surface area contributed by atoms with Crippen LogP contribution in [0.4, 0.5) is 0 Å². The van der Waals surface area contributed by atoms with E-state index in [0.717, 1.165) is 28.1 Å². The monoisotopic (exact) mass is 575 g/mol. The molecule has 7 aromatic rings. The first-order valence-corrected chi connectivity index (χ1v) is 15.6. The molecule has 0 amide bonds. The summed E-state index contributed by atoms with van der Waals surface area (Å²) in [5.41, 5.74) is 16.8. The third-order valence-corrected chi connectivity index (χ3v) is 9.27. The molecular formula is C44H33N. The van der Waals surface area contributed by atoms with E-state index in [1.54, 1.807) is 0 Å². The van der Waals surface area contributed by atoms with E-state index in [9.17, 15) is 0 Å². The maximum Gasteiger partial charge on any atom is 0.0715 e. The van der Waals surface area contributed by atoms with Crippen LogP contribution in [0, 0.1) is 0 Å². The van der Waals surface area contributed by atoms with Gasteiger partial charge < -0.3 is 0 Å². The Kier molecular flexibility index (Phi) is 6.54. The van der Waals surface area contributed by atoms with E-state index in [4.69, 9.17) is 4.98 Å². The van der Waals surface area contributed by atoms with Gasteiger partial charge in [0.2, 0.25) is 0 Å². The molecule has 0 fully saturated rings. The van der Waals surface area contributed by atoms with Crippen LogP contribution < -0.4 is 0 Å². The van der Waals surface area contributed by atoms with Crippen molar-refractivity contribution in [3.05, 3.63) is 175 Å². The smallest absolute Gasteiger partial charge is 0.0715 e. The van der Waals surface area contributed by atoms with Crippen LogP contribution >= 0.6 is 0 Å². The molecule has 1 heterocycles. The van der Waals surface area contributed by atoms with E-state index in [0.29, 0.717) is 0 Å². The molecule has 0 spiro atoms. The van der Waals surface area contributed by atoms with E-state index >= 15 is 0 Å². The molecule has 8 rings (SSSR count). The van der Waals surface area contributed by atoms with Crippen LogP contribution in [0.5, 0.6) is 0 Å². The van der Waals surface area contributed by atoms with Gasteiger partial charge in [-0.1, -0.05) is 147 Å². The van der Waals surface area contributed by atoms with Crippen LogP contribution in [0.1, 0.15) is 25.0 Å². The topological polar surface area (TPSA) is 12.9 Å². The molecule has 1 heteroatoms. The van der Waals surface area contributed by atoms with Crippen LogP contribution in [0.2, 0.25) is 0 Å². The maximum absolute atomic E-state index is 5.16. The van der Waals surface area contributed by atoms with E-state index < -0.39 is 0 Å². The molecule has 0 N–H and O–H groups in total. The van der Waals surface area contributed by atoms with E-state index in [1.807, 2.05) is 6.07 Å². The highest BCUT2D eigenvalue weighted by atomic mass is 14.7. The summed E-state index contributed by atoms with van der Waals surface area (Å²) in [5, 5.41) is 0. The number of pyridine rings is 1. The second kappa shape index (κ2) is 10.9. The molecule has 0 radical (unpaired) electrons. The minimum atomic E-state index is -0.0201. The molecule has 1 aliphatic carbocycles. The first kappa shape index (κ1) is 27.0. The summed E-state index contributed by atoms with van der Waals surface area (Å²) in [6.45, 7) is 4.68. The number of aromatic nitrogens is 1. The Morgan fingerprint density at radius 3 is 1.51 bits per heavy atom. The quantitative estimate of drug-likeness (QED) is 0.199. The van der Waals surface area contributed by atoms with Gasteiger partial charge in [0, 0.05) is 16.5 Å². The largest absolute Gasteiger partial charge is 0.248 e. The predicted molar refractivity (Wildman–Crippen MR) is 189 cm³/mol. The second-order valence-electron chi connectivity index (χ2n) is 12.5. The lowest BCUT2D eigenvalue weighted by atomic mass is 9.81. The number of fused-ring (bicyclic) bond motifs is 3. The lowest BCUT2D eigenvalue weighted by Crippen LogP contribution is -2.14. The number of hydrogen-bond donors (Lipinski definition) is 0. The molecule has 0 bridgehead atoms. The fourth-order valence-electron chi connectivity index (χ4n) is 6.85. The Morgan fingerprint density at radius 2 is 0.822 bits per heavy atom. The molecule has 1 nitrogen and oxygen atoms in total. The maximum atomic E-state index is 5.16. The zero-order chi connectivity index (χ0) is 30.4. The standard InChI is InChI=1S/C44H33N/c1-44(2)40-22-10-9-21-38(40)39-24-23-35(27-41(39)44)33-18-11-17-32(25-33)34-19-12-20-36(26-34)43-29-37(30-13-5-3-6-14-30)28-42(45-43)31-15-7-4-8-16-31/h3-29H,1-2H3. The van der Waals surface area contributed by atoms with Crippen LogP contribution in [-0.2, 0) is 5.41 Å². The molecule has 45 heavy (non-hydrogen) atoms. The first-order valence-electron chi connectivity index (χ1n) is 15.6. The lowest BCUT2D eigenvalue weighted by Gasteiger charge is -2.22. The van der Waals surface area contributed by atoms with Gasteiger partial charge in [0.15, 0.2) is 0 Å². The number of rotatable bonds is 5. The van der Waals surface area contributed by atoms with Crippen molar-refractivity contribution >= 4 is 0 Å². The van der Waals surface area contributed by atoms with Gasteiger partial charge in [-0.05, 0) is 86.0 Å². The first-order chi connectivity index (χ1) is 22.0. The summed E-state index contributed by atoms with van der Waals surface area (Å²) in [7, 11) is 0. The normalized spacial score (nSPS) is 12.8. The van der Waals surface area contributed by atoms with Crippen molar-refractivity contribution in [3.8, 4) is 67.0 Å². The van der Waals surface area contributed by atoms with E-state index in [2.05, 4.69) is 172 Å². The van der Waals surface area contributed by atoms with Crippen LogP contribution in [0.15, 0.2) is 164 Å². The van der Waals surface area contributed by atoms with Gasteiger partial charge in [-0.25, -0.2) is 4.98 Å². The fraction of sp³-hybridized carbons (Fsp3) is 0.0682. The minimum absolute atomic E-state index is 0.0201. The molecule has 0 aliphatic heterocycles. The average Bonchev–Trinajstić information content (AvgIpc) is 3.34. The van der Waals surface area contributed by atoms with Gasteiger partial charge in [0.05, 0.1) is 11.4 Å². The van der Waals surface area contributed by atoms with Crippen molar-refractivity contribution in [2.45, 2.75) is 19.3 Å². The summed E-state index contributed by atoms with van der Waals surface area (Å²) < 4.78 is 0. The van der Waals surface area contributed by atoms with Gasteiger partial charge in [-0.3, -0.25) is 0 Å². The van der Waals surface area contributed by atoms with Crippen LogP contribution in [-0.4, -0.2) is 4.98 Å². The molecule has 0 unspecified atom stereocenters. The highest BCUT2D eigenvalue weighted by molar-refractivity contribution is 5.85. The lowest BCUT2D eigenvalue weighted by molar-refractivity contribution is 0.660. The Balaban J connectivity index is 1.18. The Labute approximate surface area is 265 Å². The van der Waals surface area contributed by atoms with Crippen molar-refractivity contribution in [1.82, 2.24) is 4.98 Å². The van der Waals surface area contributed by atoms with Crippen molar-refractivity contribution in [3.63, 3.8) is 0 Å². The summed E-state index contributed by atoms with van der Waals surface area (Å²) in [6.07, 6.45) is 0. The van der Waals surface area contributed by atoms with E-state index in [-0.39, 0.29) is 5.41 Å². The van der Waals surface area contributed by atoms with Gasteiger partial charge in [0.1, 0.15) is 0 Å².